The largest absolute Gasteiger partial charge is 0.466 e. The Morgan fingerprint density at radius 3 is 2.92 bits per heavy atom. The second-order valence-electron chi connectivity index (χ2n) is 5.95. The number of ether oxygens (including phenoxy) is 1. The van der Waals surface area contributed by atoms with Crippen molar-refractivity contribution in [3.8, 4) is 0 Å². The molecule has 7 nitrogen and oxygen atoms in total. The highest BCUT2D eigenvalue weighted by Gasteiger charge is 2.30. The maximum Gasteiger partial charge on any atom is 0.419 e. The van der Waals surface area contributed by atoms with Gasteiger partial charge in [0, 0.05) is 25.7 Å². The molecule has 1 atom stereocenters. The quantitative estimate of drug-likeness (QED) is 0.797. The van der Waals surface area contributed by atoms with Crippen LogP contribution in [-0.4, -0.2) is 41.0 Å². The molecule has 0 radical (unpaired) electrons. The van der Waals surface area contributed by atoms with E-state index in [-0.39, 0.29) is 17.8 Å². The van der Waals surface area contributed by atoms with E-state index < -0.39 is 5.76 Å². The first-order valence-electron chi connectivity index (χ1n) is 8.06. The van der Waals surface area contributed by atoms with Gasteiger partial charge in [0.05, 0.1) is 18.0 Å². The van der Waals surface area contributed by atoms with E-state index in [9.17, 15) is 14.4 Å². The summed E-state index contributed by atoms with van der Waals surface area (Å²) in [5.74, 6) is -1.14. The van der Waals surface area contributed by atoms with Crippen molar-refractivity contribution in [2.45, 2.75) is 19.8 Å². The average molecular weight is 332 g/mol. The number of hydrogen-bond acceptors (Lipinski definition) is 5. The number of benzene rings is 1. The molecule has 1 unspecified atom stereocenters. The Bertz CT molecular complexity index is 835. The molecule has 7 heteroatoms. The molecule has 1 aromatic carbocycles. The van der Waals surface area contributed by atoms with Crippen molar-refractivity contribution in [2.24, 2.45) is 13.0 Å². The molecule has 1 amide bonds. The van der Waals surface area contributed by atoms with Gasteiger partial charge in [0.15, 0.2) is 5.58 Å². The normalized spacial score (nSPS) is 17.9. The third-order valence-electron chi connectivity index (χ3n) is 4.37. The minimum absolute atomic E-state index is 0.153. The number of carbonyl (C=O) groups excluding carboxylic acids is 2. The van der Waals surface area contributed by atoms with Gasteiger partial charge in [-0.25, -0.2) is 4.79 Å². The molecule has 2 aromatic rings. The summed E-state index contributed by atoms with van der Waals surface area (Å²) >= 11 is 0. The lowest BCUT2D eigenvalue weighted by molar-refractivity contribution is -0.149. The molecule has 2 heterocycles. The van der Waals surface area contributed by atoms with Gasteiger partial charge in [-0.05, 0) is 38.0 Å². The number of nitrogens with zero attached hydrogens (tertiary/aromatic N) is 2. The highest BCUT2D eigenvalue weighted by Crippen LogP contribution is 2.21. The molecule has 1 fully saturated rings. The van der Waals surface area contributed by atoms with Crippen molar-refractivity contribution in [3.05, 3.63) is 34.3 Å². The summed E-state index contributed by atoms with van der Waals surface area (Å²) in [6.07, 6.45) is 1.50. The zero-order chi connectivity index (χ0) is 17.3. The van der Waals surface area contributed by atoms with Crippen LogP contribution in [0.2, 0.25) is 0 Å². The fourth-order valence-corrected chi connectivity index (χ4v) is 3.06. The van der Waals surface area contributed by atoms with Crippen LogP contribution in [0.15, 0.2) is 27.4 Å². The number of hydrogen-bond donors (Lipinski definition) is 0. The fourth-order valence-electron chi connectivity index (χ4n) is 3.06. The van der Waals surface area contributed by atoms with Crippen molar-refractivity contribution in [1.82, 2.24) is 9.47 Å². The Hall–Kier alpha value is -2.57. The Morgan fingerprint density at radius 2 is 2.17 bits per heavy atom. The van der Waals surface area contributed by atoms with Gasteiger partial charge in [-0.1, -0.05) is 0 Å². The molecule has 0 bridgehead atoms. The van der Waals surface area contributed by atoms with Crippen LogP contribution in [-0.2, 0) is 16.6 Å². The molecule has 1 aliphatic rings. The van der Waals surface area contributed by atoms with Crippen molar-refractivity contribution in [1.29, 1.82) is 0 Å². The van der Waals surface area contributed by atoms with Crippen molar-refractivity contribution >= 4 is 23.0 Å². The minimum Gasteiger partial charge on any atom is -0.466 e. The molecule has 0 aliphatic carbocycles. The number of esters is 1. The SMILES string of the molecule is CCOC(=O)C1CCCN(C(=O)c2ccc3oc(=O)n(C)c3c2)C1. The predicted molar refractivity (Wildman–Crippen MR) is 86.7 cm³/mol. The van der Waals surface area contributed by atoms with Gasteiger partial charge in [-0.15, -0.1) is 0 Å². The van der Waals surface area contributed by atoms with E-state index in [1.54, 1.807) is 37.1 Å². The second-order valence-corrected chi connectivity index (χ2v) is 5.95. The number of rotatable bonds is 3. The van der Waals surface area contributed by atoms with E-state index in [1.807, 2.05) is 0 Å². The molecule has 128 valence electrons. The fraction of sp³-hybridized carbons (Fsp3) is 0.471. The molecule has 0 spiro atoms. The van der Waals surface area contributed by atoms with Crippen LogP contribution in [0.1, 0.15) is 30.1 Å². The number of aryl methyl sites for hydroxylation is 1. The lowest BCUT2D eigenvalue weighted by Crippen LogP contribution is -2.42. The Kier molecular flexibility index (Phi) is 4.42. The van der Waals surface area contributed by atoms with Crippen LogP contribution in [0.25, 0.3) is 11.1 Å². The van der Waals surface area contributed by atoms with Crippen LogP contribution >= 0.6 is 0 Å². The summed E-state index contributed by atoms with van der Waals surface area (Å²) in [6, 6.07) is 4.91. The number of oxazole rings is 1. The van der Waals surface area contributed by atoms with E-state index in [0.29, 0.717) is 36.4 Å². The molecule has 1 aliphatic heterocycles. The molecule has 0 N–H and O–H groups in total. The number of piperidine rings is 1. The van der Waals surface area contributed by atoms with Gasteiger partial charge in [0.1, 0.15) is 0 Å². The molecule has 3 rings (SSSR count). The van der Waals surface area contributed by atoms with Gasteiger partial charge < -0.3 is 14.1 Å². The van der Waals surface area contributed by atoms with Gasteiger partial charge in [-0.3, -0.25) is 14.2 Å². The van der Waals surface area contributed by atoms with Crippen LogP contribution in [0, 0.1) is 5.92 Å². The van der Waals surface area contributed by atoms with E-state index in [1.165, 1.54) is 4.57 Å². The van der Waals surface area contributed by atoms with Gasteiger partial charge in [0.2, 0.25) is 0 Å². The summed E-state index contributed by atoms with van der Waals surface area (Å²) in [7, 11) is 1.60. The first kappa shape index (κ1) is 16.3. The lowest BCUT2D eigenvalue weighted by atomic mass is 9.97. The van der Waals surface area contributed by atoms with Crippen LogP contribution in [0.3, 0.4) is 0 Å². The minimum atomic E-state index is -0.463. The molecule has 1 saturated heterocycles. The predicted octanol–water partition coefficient (Wildman–Crippen LogP) is 1.55. The zero-order valence-corrected chi connectivity index (χ0v) is 13.8. The van der Waals surface area contributed by atoms with Crippen LogP contribution in [0.5, 0.6) is 0 Å². The van der Waals surface area contributed by atoms with Gasteiger partial charge >= 0.3 is 11.7 Å². The van der Waals surface area contributed by atoms with Crippen molar-refractivity contribution in [3.63, 3.8) is 0 Å². The van der Waals surface area contributed by atoms with Crippen LogP contribution < -0.4 is 5.76 Å². The third kappa shape index (κ3) is 2.93. The maximum absolute atomic E-state index is 12.7. The summed E-state index contributed by atoms with van der Waals surface area (Å²) < 4.78 is 11.5. The standard InChI is InChI=1S/C17H20N2O5/c1-3-23-16(21)12-5-4-8-19(10-12)15(20)11-6-7-14-13(9-11)18(2)17(22)24-14/h6-7,9,12H,3-5,8,10H2,1-2H3. The Morgan fingerprint density at radius 1 is 1.38 bits per heavy atom. The van der Waals surface area contributed by atoms with Crippen LogP contribution in [0.4, 0.5) is 0 Å². The summed E-state index contributed by atoms with van der Waals surface area (Å²) in [5.41, 5.74) is 1.50. The Labute approximate surface area is 138 Å². The van der Waals surface area contributed by atoms with E-state index >= 15 is 0 Å². The molecule has 0 saturated carbocycles. The topological polar surface area (TPSA) is 81.8 Å². The number of carbonyl (C=O) groups is 2. The molecule has 24 heavy (non-hydrogen) atoms. The summed E-state index contributed by atoms with van der Waals surface area (Å²) in [4.78, 5) is 37.9. The maximum atomic E-state index is 12.7. The average Bonchev–Trinajstić information content (AvgIpc) is 2.88. The first-order valence-corrected chi connectivity index (χ1v) is 8.06. The van der Waals surface area contributed by atoms with Gasteiger partial charge in [-0.2, -0.15) is 0 Å². The Balaban J connectivity index is 1.82. The second kappa shape index (κ2) is 6.51. The van der Waals surface area contributed by atoms with E-state index in [0.717, 1.165) is 12.8 Å². The first-order chi connectivity index (χ1) is 11.5. The van der Waals surface area contributed by atoms with Crippen molar-refractivity contribution in [2.75, 3.05) is 19.7 Å². The highest BCUT2D eigenvalue weighted by molar-refractivity contribution is 5.97. The smallest absolute Gasteiger partial charge is 0.419 e. The van der Waals surface area contributed by atoms with E-state index in [4.69, 9.17) is 9.15 Å². The zero-order valence-electron chi connectivity index (χ0n) is 13.8. The van der Waals surface area contributed by atoms with Gasteiger partial charge in [0.25, 0.3) is 5.91 Å². The third-order valence-corrected chi connectivity index (χ3v) is 4.37. The number of fused-ring (bicyclic) bond motifs is 1. The molecule has 1 aromatic heterocycles. The number of amides is 1. The lowest BCUT2D eigenvalue weighted by Gasteiger charge is -2.31. The number of aromatic nitrogens is 1. The monoisotopic (exact) mass is 332 g/mol. The summed E-state index contributed by atoms with van der Waals surface area (Å²) in [6.45, 7) is 3.08. The van der Waals surface area contributed by atoms with Crippen molar-refractivity contribution < 1.29 is 18.7 Å². The molecular weight excluding hydrogens is 312 g/mol. The number of likely N-dealkylation sites (tertiary alicyclic amines) is 1. The van der Waals surface area contributed by atoms with E-state index in [2.05, 4.69) is 0 Å². The molecular formula is C17H20N2O5. The highest BCUT2D eigenvalue weighted by atomic mass is 16.5. The summed E-state index contributed by atoms with van der Waals surface area (Å²) in [5, 5.41) is 0.